The van der Waals surface area contributed by atoms with Crippen LogP contribution in [0.2, 0.25) is 5.02 Å². The number of rotatable bonds is 8. The number of hydrogen-bond donors (Lipinski definition) is 0. The molecule has 7 nitrogen and oxygen atoms in total. The summed E-state index contributed by atoms with van der Waals surface area (Å²) >= 11 is 6.25. The first-order valence-electron chi connectivity index (χ1n) is 11.6. The summed E-state index contributed by atoms with van der Waals surface area (Å²) < 4.78 is 13.7. The molecule has 1 saturated carbocycles. The van der Waals surface area contributed by atoms with Crippen molar-refractivity contribution in [1.29, 1.82) is 5.26 Å². The van der Waals surface area contributed by atoms with Gasteiger partial charge in [-0.15, -0.1) is 0 Å². The first kappa shape index (κ1) is 23.6. The Hall–Kier alpha value is -2.53. The van der Waals surface area contributed by atoms with E-state index in [-0.39, 0.29) is 6.10 Å². The van der Waals surface area contributed by atoms with E-state index in [4.69, 9.17) is 26.1 Å². The molecule has 3 aromatic rings. The highest BCUT2D eigenvalue weighted by Gasteiger charge is 2.27. The van der Waals surface area contributed by atoms with Crippen molar-refractivity contribution in [3.05, 3.63) is 41.1 Å². The number of imidazole rings is 1. The molecule has 174 valence electrons. The summed E-state index contributed by atoms with van der Waals surface area (Å²) in [6.45, 7) is 6.06. The van der Waals surface area contributed by atoms with Crippen LogP contribution in [0.4, 0.5) is 0 Å². The van der Waals surface area contributed by atoms with Gasteiger partial charge in [0.05, 0.1) is 28.4 Å². The number of hydrogen-bond acceptors (Lipinski definition) is 6. The molecular formula is C25H30ClN5O2. The fraction of sp³-hybridized carbons (Fsp3) is 0.520. The SMILES string of the molecule is CCOC(COC)c1nc2cc(C#N)nc(-c3cncc(Cl)c3)c2n1CC1CCC(C)CC1. The molecule has 0 aromatic carbocycles. The number of nitriles is 1. The molecule has 1 fully saturated rings. The van der Waals surface area contributed by atoms with E-state index < -0.39 is 0 Å². The topological polar surface area (TPSA) is 85.8 Å². The van der Waals surface area contributed by atoms with Crippen molar-refractivity contribution >= 4 is 22.6 Å². The number of methoxy groups -OCH3 is 1. The van der Waals surface area contributed by atoms with Crippen LogP contribution in [-0.4, -0.2) is 39.8 Å². The molecule has 1 unspecified atom stereocenters. The Morgan fingerprint density at radius 1 is 1.21 bits per heavy atom. The summed E-state index contributed by atoms with van der Waals surface area (Å²) in [6, 6.07) is 5.74. The summed E-state index contributed by atoms with van der Waals surface area (Å²) in [6.07, 6.45) is 7.84. The van der Waals surface area contributed by atoms with Gasteiger partial charge in [0.15, 0.2) is 0 Å². The molecule has 0 saturated heterocycles. The lowest BCUT2D eigenvalue weighted by Gasteiger charge is -2.28. The molecule has 0 N–H and O–H groups in total. The van der Waals surface area contributed by atoms with Crippen LogP contribution in [-0.2, 0) is 16.0 Å². The fourth-order valence-corrected chi connectivity index (χ4v) is 4.90. The van der Waals surface area contributed by atoms with Gasteiger partial charge in [0.2, 0.25) is 0 Å². The van der Waals surface area contributed by atoms with Crippen LogP contribution in [0, 0.1) is 23.2 Å². The minimum absolute atomic E-state index is 0.305. The molecule has 3 heterocycles. The van der Waals surface area contributed by atoms with Gasteiger partial charge in [-0.25, -0.2) is 9.97 Å². The number of fused-ring (bicyclic) bond motifs is 1. The zero-order valence-corrected chi connectivity index (χ0v) is 20.2. The van der Waals surface area contributed by atoms with Crippen LogP contribution >= 0.6 is 11.6 Å². The second-order valence-corrected chi connectivity index (χ2v) is 9.27. The maximum atomic E-state index is 9.63. The van der Waals surface area contributed by atoms with Crippen LogP contribution in [0.5, 0.6) is 0 Å². The van der Waals surface area contributed by atoms with E-state index in [0.29, 0.717) is 35.5 Å². The number of pyridine rings is 2. The van der Waals surface area contributed by atoms with Gasteiger partial charge in [0.25, 0.3) is 0 Å². The molecule has 0 bridgehead atoms. The third-order valence-electron chi connectivity index (χ3n) is 6.40. The molecule has 1 atom stereocenters. The van der Waals surface area contributed by atoms with E-state index in [1.165, 1.54) is 25.7 Å². The molecule has 0 radical (unpaired) electrons. The summed E-state index contributed by atoms with van der Waals surface area (Å²) in [5.74, 6) is 2.13. The smallest absolute Gasteiger partial charge is 0.143 e. The van der Waals surface area contributed by atoms with Crippen LogP contribution in [0.3, 0.4) is 0 Å². The van der Waals surface area contributed by atoms with Crippen molar-refractivity contribution in [1.82, 2.24) is 19.5 Å². The van der Waals surface area contributed by atoms with Gasteiger partial charge in [-0.2, -0.15) is 5.26 Å². The van der Waals surface area contributed by atoms with Crippen molar-refractivity contribution in [2.75, 3.05) is 20.3 Å². The zero-order valence-electron chi connectivity index (χ0n) is 19.4. The zero-order chi connectivity index (χ0) is 23.4. The molecule has 8 heteroatoms. The molecule has 0 aliphatic heterocycles. The van der Waals surface area contributed by atoms with Crippen molar-refractivity contribution in [2.24, 2.45) is 11.8 Å². The summed E-state index contributed by atoms with van der Waals surface area (Å²) in [5, 5.41) is 10.1. The van der Waals surface area contributed by atoms with E-state index in [1.54, 1.807) is 25.6 Å². The number of nitrogens with zero attached hydrogens (tertiary/aromatic N) is 5. The third-order valence-corrected chi connectivity index (χ3v) is 6.60. The van der Waals surface area contributed by atoms with Gasteiger partial charge >= 0.3 is 0 Å². The van der Waals surface area contributed by atoms with Crippen LogP contribution in [0.1, 0.15) is 57.2 Å². The Morgan fingerprint density at radius 3 is 2.67 bits per heavy atom. The molecule has 1 aliphatic carbocycles. The van der Waals surface area contributed by atoms with Crippen molar-refractivity contribution < 1.29 is 9.47 Å². The van der Waals surface area contributed by atoms with Crippen molar-refractivity contribution in [3.63, 3.8) is 0 Å². The first-order valence-corrected chi connectivity index (χ1v) is 11.9. The van der Waals surface area contributed by atoms with Gasteiger partial charge in [-0.05, 0) is 37.7 Å². The van der Waals surface area contributed by atoms with E-state index in [9.17, 15) is 5.26 Å². The Bertz CT molecular complexity index is 1140. The summed E-state index contributed by atoms with van der Waals surface area (Å²) in [7, 11) is 1.67. The Kier molecular flexibility index (Phi) is 7.59. The lowest BCUT2D eigenvalue weighted by molar-refractivity contribution is -0.00438. The van der Waals surface area contributed by atoms with Gasteiger partial charge < -0.3 is 14.0 Å². The molecule has 1 aliphatic rings. The summed E-state index contributed by atoms with van der Waals surface area (Å²) in [4.78, 5) is 13.9. The molecule has 0 spiro atoms. The second-order valence-electron chi connectivity index (χ2n) is 8.83. The molecule has 33 heavy (non-hydrogen) atoms. The quantitative estimate of drug-likeness (QED) is 0.430. The molecular weight excluding hydrogens is 438 g/mol. The number of halogens is 1. The Balaban J connectivity index is 1.92. The summed E-state index contributed by atoms with van der Waals surface area (Å²) in [5.41, 5.74) is 3.33. The standard InChI is InChI=1S/C25H30ClN5O2/c1-4-33-22(15-32-3)25-30-21-10-20(11-27)29-23(18-9-19(26)13-28-12-18)24(21)31(25)14-17-7-5-16(2)6-8-17/h9-10,12-13,16-17,22H,4-8,14-15H2,1-3H3. The lowest BCUT2D eigenvalue weighted by Crippen LogP contribution is -2.22. The molecule has 0 amide bonds. The highest BCUT2D eigenvalue weighted by atomic mass is 35.5. The van der Waals surface area contributed by atoms with Crippen molar-refractivity contribution in [2.45, 2.75) is 52.2 Å². The minimum atomic E-state index is -0.314. The maximum absolute atomic E-state index is 9.63. The van der Waals surface area contributed by atoms with E-state index in [2.05, 4.69) is 27.5 Å². The van der Waals surface area contributed by atoms with E-state index in [1.807, 2.05) is 13.0 Å². The lowest BCUT2D eigenvalue weighted by atomic mass is 9.83. The highest BCUT2D eigenvalue weighted by Crippen LogP contribution is 2.35. The second kappa shape index (κ2) is 10.6. The largest absolute Gasteiger partial charge is 0.382 e. The van der Waals surface area contributed by atoms with E-state index >= 15 is 0 Å². The fourth-order valence-electron chi connectivity index (χ4n) is 4.72. The average Bonchev–Trinajstić information content (AvgIpc) is 3.17. The monoisotopic (exact) mass is 467 g/mol. The first-order chi connectivity index (χ1) is 16.0. The average molecular weight is 468 g/mol. The van der Waals surface area contributed by atoms with Gasteiger partial charge in [0, 0.05) is 44.3 Å². The minimum Gasteiger partial charge on any atom is -0.382 e. The van der Waals surface area contributed by atoms with Gasteiger partial charge in [0.1, 0.15) is 23.7 Å². The third kappa shape index (κ3) is 5.19. The predicted octanol–water partition coefficient (Wildman–Crippen LogP) is 5.57. The normalized spacial score (nSPS) is 19.5. The van der Waals surface area contributed by atoms with Gasteiger partial charge in [-0.3, -0.25) is 4.98 Å². The Morgan fingerprint density at radius 2 is 2.00 bits per heavy atom. The molecule has 4 rings (SSSR count). The van der Waals surface area contributed by atoms with Crippen LogP contribution < -0.4 is 0 Å². The number of ether oxygens (including phenoxy) is 2. The van der Waals surface area contributed by atoms with E-state index in [0.717, 1.165) is 34.9 Å². The van der Waals surface area contributed by atoms with Crippen molar-refractivity contribution in [3.8, 4) is 17.3 Å². The maximum Gasteiger partial charge on any atom is 0.143 e. The predicted molar refractivity (Wildman–Crippen MR) is 128 cm³/mol. The number of aromatic nitrogens is 4. The van der Waals surface area contributed by atoms with Crippen LogP contribution in [0.15, 0.2) is 24.5 Å². The van der Waals surface area contributed by atoms with Gasteiger partial charge in [-0.1, -0.05) is 31.4 Å². The molecule has 3 aromatic heterocycles. The Labute approximate surface area is 199 Å². The highest BCUT2D eigenvalue weighted by molar-refractivity contribution is 6.30. The van der Waals surface area contributed by atoms with Crippen LogP contribution in [0.25, 0.3) is 22.3 Å².